The molecule has 1 aromatic carbocycles. The van der Waals surface area contributed by atoms with Gasteiger partial charge in [0.05, 0.1) is 24.7 Å². The maximum atomic E-state index is 14.3. The standard InChI is InChI=1S/C15H19FNO4/c1-4-5-6-12(16)15-13(20-2)9-11(7-8-17(18)19)10-14(15)21-3/h7-10,12H,1,4-6H2,2-3H3/b8-7+. The fourth-order valence-corrected chi connectivity index (χ4v) is 1.98. The Bertz CT molecular complexity index is 491. The molecule has 0 spiro atoms. The van der Waals surface area contributed by atoms with Gasteiger partial charge in [0.25, 0.3) is 0 Å². The van der Waals surface area contributed by atoms with Crippen LogP contribution in [0, 0.1) is 17.0 Å². The molecule has 1 unspecified atom stereocenters. The summed E-state index contributed by atoms with van der Waals surface area (Å²) >= 11 is 0. The topological polar surface area (TPSA) is 61.6 Å². The highest BCUT2D eigenvalue weighted by molar-refractivity contribution is 5.59. The lowest BCUT2D eigenvalue weighted by Gasteiger charge is -2.17. The third kappa shape index (κ3) is 4.73. The second-order valence-electron chi connectivity index (χ2n) is 4.40. The predicted molar refractivity (Wildman–Crippen MR) is 78.6 cm³/mol. The van der Waals surface area contributed by atoms with Gasteiger partial charge in [0.2, 0.25) is 6.20 Å². The number of nitrogens with zero attached hydrogens (tertiary/aromatic N) is 1. The Morgan fingerprint density at radius 2 is 1.95 bits per heavy atom. The number of nitro groups is 1. The lowest BCUT2D eigenvalue weighted by molar-refractivity contribution is -0.400. The van der Waals surface area contributed by atoms with E-state index in [4.69, 9.17) is 9.47 Å². The first kappa shape index (κ1) is 16.9. The average Bonchev–Trinajstić information content (AvgIpc) is 2.49. The van der Waals surface area contributed by atoms with Crippen molar-refractivity contribution in [3.8, 4) is 11.5 Å². The van der Waals surface area contributed by atoms with E-state index in [1.165, 1.54) is 20.3 Å². The van der Waals surface area contributed by atoms with Crippen molar-refractivity contribution < 1.29 is 18.8 Å². The minimum atomic E-state index is -1.23. The number of alkyl halides is 1. The first-order valence-corrected chi connectivity index (χ1v) is 6.54. The van der Waals surface area contributed by atoms with E-state index in [1.807, 2.05) is 0 Å². The minimum Gasteiger partial charge on any atom is -0.496 e. The second kappa shape index (κ2) is 8.24. The summed E-state index contributed by atoms with van der Waals surface area (Å²) in [6.45, 7) is 3.69. The van der Waals surface area contributed by atoms with E-state index in [0.717, 1.165) is 6.20 Å². The van der Waals surface area contributed by atoms with Crippen LogP contribution in [0.1, 0.15) is 36.6 Å². The smallest absolute Gasteiger partial charge is 0.235 e. The molecule has 1 rings (SSSR count). The first-order chi connectivity index (χ1) is 10.0. The highest BCUT2D eigenvalue weighted by Gasteiger charge is 2.21. The molecule has 0 aliphatic heterocycles. The third-order valence-corrected chi connectivity index (χ3v) is 2.98. The summed E-state index contributed by atoms with van der Waals surface area (Å²) in [6.07, 6.45) is 2.50. The Hall–Kier alpha value is -2.11. The molecule has 0 heterocycles. The fraction of sp³-hybridized carbons (Fsp3) is 0.400. The molecular formula is C15H19FNO4. The summed E-state index contributed by atoms with van der Waals surface area (Å²) in [5.41, 5.74) is 0.834. The van der Waals surface area contributed by atoms with Gasteiger partial charge in [-0.2, -0.15) is 0 Å². The minimum absolute atomic E-state index is 0.314. The van der Waals surface area contributed by atoms with Crippen molar-refractivity contribution in [2.75, 3.05) is 14.2 Å². The van der Waals surface area contributed by atoms with Crippen molar-refractivity contribution in [1.82, 2.24) is 0 Å². The van der Waals surface area contributed by atoms with Crippen LogP contribution < -0.4 is 9.47 Å². The fourth-order valence-electron chi connectivity index (χ4n) is 1.98. The van der Waals surface area contributed by atoms with Crippen molar-refractivity contribution in [2.45, 2.75) is 25.4 Å². The molecule has 0 aromatic heterocycles. The molecule has 1 atom stereocenters. The quantitative estimate of drug-likeness (QED) is 0.538. The van der Waals surface area contributed by atoms with E-state index in [9.17, 15) is 14.5 Å². The zero-order valence-electron chi connectivity index (χ0n) is 12.2. The van der Waals surface area contributed by atoms with Crippen molar-refractivity contribution in [3.63, 3.8) is 0 Å². The molecule has 0 bridgehead atoms. The number of halogens is 1. The van der Waals surface area contributed by atoms with Crippen LogP contribution in [0.3, 0.4) is 0 Å². The van der Waals surface area contributed by atoms with Gasteiger partial charge in [0.1, 0.15) is 17.7 Å². The van der Waals surface area contributed by atoms with Gasteiger partial charge in [-0.1, -0.05) is 19.8 Å². The van der Waals surface area contributed by atoms with Gasteiger partial charge in [-0.3, -0.25) is 10.1 Å². The molecule has 21 heavy (non-hydrogen) atoms. The number of hydrogen-bond acceptors (Lipinski definition) is 4. The Balaban J connectivity index is 3.20. The molecule has 0 fully saturated rings. The zero-order chi connectivity index (χ0) is 15.8. The van der Waals surface area contributed by atoms with E-state index < -0.39 is 11.1 Å². The monoisotopic (exact) mass is 296 g/mol. The zero-order valence-corrected chi connectivity index (χ0v) is 12.2. The van der Waals surface area contributed by atoms with Crippen LogP contribution in [-0.4, -0.2) is 19.1 Å². The number of benzene rings is 1. The highest BCUT2D eigenvalue weighted by atomic mass is 19.1. The van der Waals surface area contributed by atoms with Gasteiger partial charge in [0, 0.05) is 6.08 Å². The summed E-state index contributed by atoms with van der Waals surface area (Å²) in [5.74, 6) is 0.628. The van der Waals surface area contributed by atoms with Gasteiger partial charge in [-0.25, -0.2) is 4.39 Å². The van der Waals surface area contributed by atoms with Crippen LogP contribution in [0.4, 0.5) is 4.39 Å². The molecule has 6 heteroatoms. The highest BCUT2D eigenvalue weighted by Crippen LogP contribution is 2.39. The van der Waals surface area contributed by atoms with Crippen molar-refractivity contribution in [1.29, 1.82) is 0 Å². The van der Waals surface area contributed by atoms with Gasteiger partial charge >= 0.3 is 0 Å². The number of ether oxygens (including phenoxy) is 2. The number of methoxy groups -OCH3 is 2. The maximum absolute atomic E-state index is 14.3. The van der Waals surface area contributed by atoms with E-state index in [0.29, 0.717) is 41.9 Å². The summed E-state index contributed by atoms with van der Waals surface area (Å²) in [4.78, 5) is 9.79. The second-order valence-corrected chi connectivity index (χ2v) is 4.40. The predicted octanol–water partition coefficient (Wildman–Crippen LogP) is 3.97. The molecule has 0 aliphatic rings. The molecule has 115 valence electrons. The average molecular weight is 296 g/mol. The molecule has 0 saturated heterocycles. The molecule has 0 N–H and O–H groups in total. The van der Waals surface area contributed by atoms with Crippen LogP contribution in [0.5, 0.6) is 11.5 Å². The van der Waals surface area contributed by atoms with Gasteiger partial charge in [-0.05, 0) is 24.1 Å². The normalized spacial score (nSPS) is 12.4. The van der Waals surface area contributed by atoms with Gasteiger partial charge in [-0.15, -0.1) is 0 Å². The van der Waals surface area contributed by atoms with Crippen molar-refractivity contribution >= 4 is 6.08 Å². The van der Waals surface area contributed by atoms with Crippen molar-refractivity contribution in [3.05, 3.63) is 46.5 Å². The largest absolute Gasteiger partial charge is 0.496 e. The Labute approximate surface area is 123 Å². The summed E-state index contributed by atoms with van der Waals surface area (Å²) in [7, 11) is 2.85. The number of unbranched alkanes of at least 4 members (excludes halogenated alkanes) is 1. The van der Waals surface area contributed by atoms with Crippen LogP contribution >= 0.6 is 0 Å². The van der Waals surface area contributed by atoms with Crippen LogP contribution in [-0.2, 0) is 0 Å². The SMILES string of the molecule is [CH2]CCCC(F)c1c(OC)cc(/C=C/[N+](=O)[O-])cc1OC. The number of hydrogen-bond donors (Lipinski definition) is 0. The molecular weight excluding hydrogens is 277 g/mol. The van der Waals surface area contributed by atoms with E-state index in [-0.39, 0.29) is 0 Å². The molecule has 5 nitrogen and oxygen atoms in total. The van der Waals surface area contributed by atoms with E-state index in [2.05, 4.69) is 6.92 Å². The molecule has 0 amide bonds. The summed E-state index contributed by atoms with van der Waals surface area (Å²) in [5, 5.41) is 10.4. The van der Waals surface area contributed by atoms with Crippen LogP contribution in [0.15, 0.2) is 18.3 Å². The summed E-state index contributed by atoms with van der Waals surface area (Å²) in [6, 6.07) is 3.10. The van der Waals surface area contributed by atoms with Gasteiger partial charge < -0.3 is 9.47 Å². The molecule has 0 aliphatic carbocycles. The Morgan fingerprint density at radius 3 is 2.38 bits per heavy atom. The third-order valence-electron chi connectivity index (χ3n) is 2.98. The maximum Gasteiger partial charge on any atom is 0.235 e. The van der Waals surface area contributed by atoms with Gasteiger partial charge in [0.15, 0.2) is 0 Å². The van der Waals surface area contributed by atoms with Crippen LogP contribution in [0.25, 0.3) is 6.08 Å². The van der Waals surface area contributed by atoms with Crippen LogP contribution in [0.2, 0.25) is 0 Å². The Morgan fingerprint density at radius 1 is 1.38 bits per heavy atom. The molecule has 1 radical (unpaired) electrons. The molecule has 0 saturated carbocycles. The lowest BCUT2D eigenvalue weighted by atomic mass is 10.0. The first-order valence-electron chi connectivity index (χ1n) is 6.54. The van der Waals surface area contributed by atoms with Crippen molar-refractivity contribution in [2.24, 2.45) is 0 Å². The Kier molecular flexibility index (Phi) is 6.65. The molecule has 1 aromatic rings. The number of rotatable bonds is 8. The lowest BCUT2D eigenvalue weighted by Crippen LogP contribution is -2.01. The van der Waals surface area contributed by atoms with E-state index >= 15 is 0 Å². The summed E-state index contributed by atoms with van der Waals surface area (Å²) < 4.78 is 24.7. The van der Waals surface area contributed by atoms with E-state index in [1.54, 1.807) is 12.1 Å².